The van der Waals surface area contributed by atoms with Crippen LogP contribution in [0.1, 0.15) is 37.7 Å². The number of aromatic nitrogens is 3. The summed E-state index contributed by atoms with van der Waals surface area (Å²) in [6.45, 7) is 5.63. The lowest BCUT2D eigenvalue weighted by Gasteiger charge is -2.17. The number of hydrogen-bond acceptors (Lipinski definition) is 5. The zero-order chi connectivity index (χ0) is 15.1. The minimum atomic E-state index is 0.000447. The van der Waals surface area contributed by atoms with Gasteiger partial charge in [-0.2, -0.15) is 5.10 Å². The lowest BCUT2D eigenvalue weighted by Crippen LogP contribution is -2.30. The number of nitrogens with two attached hydrogens (primary N) is 1. The van der Waals surface area contributed by atoms with Crippen molar-refractivity contribution in [1.29, 1.82) is 0 Å². The monoisotopic (exact) mass is 289 g/mol. The summed E-state index contributed by atoms with van der Waals surface area (Å²) in [7, 11) is 0. The highest BCUT2D eigenvalue weighted by Gasteiger charge is 2.14. The highest BCUT2D eigenvalue weighted by Crippen LogP contribution is 2.20. The molecule has 0 aliphatic heterocycles. The van der Waals surface area contributed by atoms with Crippen LogP contribution in [0.15, 0.2) is 30.6 Å². The first-order chi connectivity index (χ1) is 10.3. The fraction of sp³-hybridized carbons (Fsp3) is 0.467. The molecule has 0 saturated carbocycles. The molecule has 2 aromatic rings. The van der Waals surface area contributed by atoms with Gasteiger partial charge in [-0.25, -0.2) is 4.98 Å². The second-order valence-corrected chi connectivity index (χ2v) is 4.82. The van der Waals surface area contributed by atoms with E-state index >= 15 is 0 Å². The molecule has 6 nitrogen and oxygen atoms in total. The molecule has 0 amide bonds. The molecule has 1 unspecified atom stereocenters. The zero-order valence-electron chi connectivity index (χ0n) is 12.6. The van der Waals surface area contributed by atoms with Crippen molar-refractivity contribution in [1.82, 2.24) is 20.2 Å². The van der Waals surface area contributed by atoms with Crippen molar-refractivity contribution in [2.24, 2.45) is 5.84 Å². The first-order valence-electron chi connectivity index (χ1n) is 7.34. The van der Waals surface area contributed by atoms with E-state index in [1.807, 2.05) is 35.9 Å². The van der Waals surface area contributed by atoms with Crippen LogP contribution >= 0.6 is 0 Å². The first kappa shape index (κ1) is 15.5. The summed E-state index contributed by atoms with van der Waals surface area (Å²) < 4.78 is 7.38. The predicted octanol–water partition coefficient (Wildman–Crippen LogP) is 1.83. The van der Waals surface area contributed by atoms with Crippen LogP contribution in [0.3, 0.4) is 0 Å². The number of nitrogens with one attached hydrogen (secondary N) is 1. The van der Waals surface area contributed by atoms with E-state index in [0.717, 1.165) is 30.1 Å². The summed E-state index contributed by atoms with van der Waals surface area (Å²) in [4.78, 5) is 4.33. The standard InChI is InChI=1S/C15H23N5O/c1-3-9-20-15(17-11-18-20)10-14(19-16)12-5-7-13(8-6-12)21-4-2/h5-8,11,14,19H,3-4,9-10,16H2,1-2H3. The Kier molecular flexibility index (Phi) is 5.71. The van der Waals surface area contributed by atoms with E-state index in [9.17, 15) is 0 Å². The largest absolute Gasteiger partial charge is 0.494 e. The third-order valence-electron chi connectivity index (χ3n) is 3.31. The maximum atomic E-state index is 5.70. The van der Waals surface area contributed by atoms with Crippen molar-refractivity contribution in [3.63, 3.8) is 0 Å². The van der Waals surface area contributed by atoms with Gasteiger partial charge >= 0.3 is 0 Å². The number of hydrogen-bond donors (Lipinski definition) is 2. The molecule has 6 heteroatoms. The van der Waals surface area contributed by atoms with Gasteiger partial charge in [-0.1, -0.05) is 19.1 Å². The van der Waals surface area contributed by atoms with Crippen molar-refractivity contribution in [2.45, 2.75) is 39.3 Å². The molecule has 0 bridgehead atoms. The topological polar surface area (TPSA) is 78.0 Å². The van der Waals surface area contributed by atoms with E-state index in [1.165, 1.54) is 0 Å². The van der Waals surface area contributed by atoms with Gasteiger partial charge in [-0.15, -0.1) is 0 Å². The number of aryl methyl sites for hydroxylation is 1. The number of benzene rings is 1. The molecule has 3 N–H and O–H groups in total. The van der Waals surface area contributed by atoms with Gasteiger partial charge in [0, 0.05) is 13.0 Å². The second kappa shape index (κ2) is 7.75. The van der Waals surface area contributed by atoms with Crippen molar-refractivity contribution >= 4 is 0 Å². The highest BCUT2D eigenvalue weighted by atomic mass is 16.5. The van der Waals surface area contributed by atoms with Gasteiger partial charge in [-0.3, -0.25) is 16.0 Å². The molecule has 0 aliphatic carbocycles. The molecule has 1 aromatic carbocycles. The van der Waals surface area contributed by atoms with Crippen LogP contribution in [0.4, 0.5) is 0 Å². The van der Waals surface area contributed by atoms with E-state index in [4.69, 9.17) is 10.6 Å². The van der Waals surface area contributed by atoms with Gasteiger partial charge in [0.2, 0.25) is 0 Å². The van der Waals surface area contributed by atoms with Gasteiger partial charge in [0.05, 0.1) is 12.6 Å². The van der Waals surface area contributed by atoms with Gasteiger partial charge in [0.15, 0.2) is 0 Å². The molecule has 0 spiro atoms. The summed E-state index contributed by atoms with van der Waals surface area (Å²) in [5.74, 6) is 7.51. The SMILES string of the molecule is CCCn1ncnc1CC(NN)c1ccc(OCC)cc1. The number of nitrogens with zero attached hydrogens (tertiary/aromatic N) is 3. The molecule has 2 rings (SSSR count). The quantitative estimate of drug-likeness (QED) is 0.572. The van der Waals surface area contributed by atoms with Crippen LogP contribution in [0.2, 0.25) is 0 Å². The minimum absolute atomic E-state index is 0.000447. The molecule has 0 aliphatic rings. The summed E-state index contributed by atoms with van der Waals surface area (Å²) >= 11 is 0. The molecular weight excluding hydrogens is 266 g/mol. The van der Waals surface area contributed by atoms with E-state index in [-0.39, 0.29) is 6.04 Å². The third-order valence-corrected chi connectivity index (χ3v) is 3.31. The minimum Gasteiger partial charge on any atom is -0.494 e. The number of rotatable bonds is 8. The number of hydrazine groups is 1. The van der Waals surface area contributed by atoms with E-state index in [0.29, 0.717) is 13.0 Å². The summed E-state index contributed by atoms with van der Waals surface area (Å²) in [6.07, 6.45) is 3.32. The van der Waals surface area contributed by atoms with Crippen LogP contribution in [0.5, 0.6) is 5.75 Å². The Hall–Kier alpha value is -1.92. The first-order valence-corrected chi connectivity index (χ1v) is 7.34. The lowest BCUT2D eigenvalue weighted by atomic mass is 10.0. The Morgan fingerprint density at radius 1 is 1.29 bits per heavy atom. The zero-order valence-corrected chi connectivity index (χ0v) is 12.6. The average molecular weight is 289 g/mol. The van der Waals surface area contributed by atoms with Crippen LogP contribution in [-0.2, 0) is 13.0 Å². The van der Waals surface area contributed by atoms with E-state index in [2.05, 4.69) is 22.4 Å². The summed E-state index contributed by atoms with van der Waals surface area (Å²) in [5, 5.41) is 4.24. The maximum Gasteiger partial charge on any atom is 0.138 e. The van der Waals surface area contributed by atoms with Gasteiger partial charge < -0.3 is 4.74 Å². The molecule has 0 saturated heterocycles. The van der Waals surface area contributed by atoms with Crippen LogP contribution in [0.25, 0.3) is 0 Å². The number of ether oxygens (including phenoxy) is 1. The molecule has 21 heavy (non-hydrogen) atoms. The Labute approximate surface area is 125 Å². The molecule has 114 valence electrons. The lowest BCUT2D eigenvalue weighted by molar-refractivity contribution is 0.340. The average Bonchev–Trinajstić information content (AvgIpc) is 2.94. The fourth-order valence-corrected chi connectivity index (χ4v) is 2.26. The molecule has 0 fully saturated rings. The summed E-state index contributed by atoms with van der Waals surface area (Å²) in [6, 6.07) is 7.96. The van der Waals surface area contributed by atoms with Crippen molar-refractivity contribution in [3.8, 4) is 5.75 Å². The van der Waals surface area contributed by atoms with Crippen LogP contribution in [0, 0.1) is 0 Å². The van der Waals surface area contributed by atoms with Crippen molar-refractivity contribution < 1.29 is 4.74 Å². The molecule has 1 aromatic heterocycles. The van der Waals surface area contributed by atoms with E-state index < -0.39 is 0 Å². The Morgan fingerprint density at radius 3 is 2.67 bits per heavy atom. The Balaban J connectivity index is 2.10. The third kappa shape index (κ3) is 4.03. The van der Waals surface area contributed by atoms with Crippen LogP contribution < -0.4 is 16.0 Å². The Morgan fingerprint density at radius 2 is 2.05 bits per heavy atom. The molecule has 1 heterocycles. The predicted molar refractivity (Wildman–Crippen MR) is 81.7 cm³/mol. The normalized spacial score (nSPS) is 12.3. The smallest absolute Gasteiger partial charge is 0.138 e. The molecule has 0 radical (unpaired) electrons. The van der Waals surface area contributed by atoms with Crippen molar-refractivity contribution in [2.75, 3.05) is 6.61 Å². The second-order valence-electron chi connectivity index (χ2n) is 4.82. The van der Waals surface area contributed by atoms with E-state index in [1.54, 1.807) is 6.33 Å². The summed E-state index contributed by atoms with van der Waals surface area (Å²) in [5.41, 5.74) is 3.96. The highest BCUT2D eigenvalue weighted by molar-refractivity contribution is 5.29. The maximum absolute atomic E-state index is 5.70. The molecular formula is C15H23N5O. The van der Waals surface area contributed by atoms with Gasteiger partial charge in [0.25, 0.3) is 0 Å². The van der Waals surface area contributed by atoms with Gasteiger partial charge in [-0.05, 0) is 31.0 Å². The van der Waals surface area contributed by atoms with Gasteiger partial charge in [0.1, 0.15) is 17.9 Å². The van der Waals surface area contributed by atoms with Crippen molar-refractivity contribution in [3.05, 3.63) is 42.0 Å². The van der Waals surface area contributed by atoms with Crippen LogP contribution in [-0.4, -0.2) is 21.4 Å². The fourth-order valence-electron chi connectivity index (χ4n) is 2.26. The molecule has 1 atom stereocenters. The Bertz CT molecular complexity index is 537.